The normalized spacial score (nSPS) is 12.2. The van der Waals surface area contributed by atoms with Crippen molar-refractivity contribution in [2.24, 2.45) is 0 Å². The molecule has 3 aromatic rings. The molecular weight excluding hydrogens is 390 g/mol. The Bertz CT molecular complexity index is 1040. The van der Waals surface area contributed by atoms with Crippen LogP contribution in [0.25, 0.3) is 11.7 Å². The summed E-state index contributed by atoms with van der Waals surface area (Å²) in [6.07, 6.45) is 5.27. The van der Waals surface area contributed by atoms with E-state index in [1.165, 1.54) is 12.2 Å². The molecule has 0 spiro atoms. The van der Waals surface area contributed by atoms with E-state index in [-0.39, 0.29) is 23.7 Å². The number of ether oxygens (including phenoxy) is 1. The molecule has 2 aromatic heterocycles. The van der Waals surface area contributed by atoms with E-state index in [9.17, 15) is 9.59 Å². The van der Waals surface area contributed by atoms with Crippen LogP contribution in [0, 0.1) is 6.92 Å². The average molecular weight is 412 g/mol. The number of aryl methyl sites for hydroxylation is 1. The topological polar surface area (TPSA) is 72.7 Å². The van der Waals surface area contributed by atoms with Crippen LogP contribution in [0.2, 0.25) is 5.15 Å². The molecule has 0 unspecified atom stereocenters. The second kappa shape index (κ2) is 9.39. The first-order valence-electron chi connectivity index (χ1n) is 9.31. The van der Waals surface area contributed by atoms with Gasteiger partial charge < -0.3 is 10.1 Å². The highest BCUT2D eigenvalue weighted by Crippen LogP contribution is 2.19. The molecule has 6 nitrogen and oxygen atoms in total. The zero-order chi connectivity index (χ0) is 20.8. The number of esters is 1. The summed E-state index contributed by atoms with van der Waals surface area (Å²) in [5.74, 6) is -0.988. The molecule has 1 atom stereocenters. The van der Waals surface area contributed by atoms with Gasteiger partial charge in [0.25, 0.3) is 5.91 Å². The molecule has 2 heterocycles. The van der Waals surface area contributed by atoms with Crippen LogP contribution in [0.5, 0.6) is 0 Å². The maximum Gasteiger partial charge on any atom is 0.331 e. The molecule has 3 rings (SSSR count). The average Bonchev–Trinajstić information content (AvgIpc) is 3.04. The van der Waals surface area contributed by atoms with Crippen molar-refractivity contribution in [2.75, 3.05) is 6.61 Å². The molecule has 1 N–H and O–H groups in total. The molecule has 0 aliphatic heterocycles. The number of aromatic nitrogens is 2. The van der Waals surface area contributed by atoms with Gasteiger partial charge >= 0.3 is 5.97 Å². The van der Waals surface area contributed by atoms with Gasteiger partial charge in [-0.2, -0.15) is 0 Å². The number of carbonyl (C=O) groups is 2. The Kier molecular flexibility index (Phi) is 6.67. The number of benzene rings is 1. The number of imidazole rings is 1. The largest absolute Gasteiger partial charge is 0.452 e. The standard InChI is InChI=1S/C22H22ClN3O3/c1-3-17(16-9-7-15(2)8-10-16)24-20(27)14-29-21(28)12-11-18-22(23)25-19-6-4-5-13-26(18)19/h4-13,17H,3,14H2,1-2H3,(H,24,27)/b12-11+/t17-/m1/s1. The molecule has 0 saturated carbocycles. The predicted octanol–water partition coefficient (Wildman–Crippen LogP) is 4.12. The molecule has 0 aliphatic rings. The van der Waals surface area contributed by atoms with E-state index in [4.69, 9.17) is 16.3 Å². The van der Waals surface area contributed by atoms with Crippen LogP contribution in [0.3, 0.4) is 0 Å². The third-order valence-electron chi connectivity index (χ3n) is 4.47. The fourth-order valence-corrected chi connectivity index (χ4v) is 3.16. The number of pyridine rings is 1. The van der Waals surface area contributed by atoms with E-state index in [1.54, 1.807) is 10.6 Å². The zero-order valence-corrected chi connectivity index (χ0v) is 17.0. The number of nitrogens with one attached hydrogen (secondary N) is 1. The molecule has 0 fully saturated rings. The second-order valence-electron chi connectivity index (χ2n) is 6.60. The molecule has 0 radical (unpaired) electrons. The summed E-state index contributed by atoms with van der Waals surface area (Å²) in [4.78, 5) is 28.4. The molecular formula is C22H22ClN3O3. The van der Waals surface area contributed by atoms with Crippen molar-refractivity contribution < 1.29 is 14.3 Å². The van der Waals surface area contributed by atoms with Crippen LogP contribution in [0.15, 0.2) is 54.7 Å². The maximum atomic E-state index is 12.2. The van der Waals surface area contributed by atoms with Gasteiger partial charge in [-0.1, -0.05) is 54.4 Å². The summed E-state index contributed by atoms with van der Waals surface area (Å²) in [6.45, 7) is 3.64. The minimum absolute atomic E-state index is 0.130. The van der Waals surface area contributed by atoms with Crippen LogP contribution in [-0.2, 0) is 14.3 Å². The van der Waals surface area contributed by atoms with Crippen LogP contribution >= 0.6 is 11.6 Å². The van der Waals surface area contributed by atoms with Crippen LogP contribution < -0.4 is 5.32 Å². The van der Waals surface area contributed by atoms with E-state index in [1.807, 2.05) is 56.3 Å². The van der Waals surface area contributed by atoms with Gasteiger partial charge in [-0.25, -0.2) is 9.78 Å². The number of hydrogen-bond acceptors (Lipinski definition) is 4. The molecule has 1 amide bonds. The fraction of sp³-hybridized carbons (Fsp3) is 0.227. The van der Waals surface area contributed by atoms with Crippen molar-refractivity contribution in [3.8, 4) is 0 Å². The Labute approximate surface area is 174 Å². The molecule has 0 saturated heterocycles. The molecule has 0 bridgehead atoms. The highest BCUT2D eigenvalue weighted by atomic mass is 35.5. The first-order chi connectivity index (χ1) is 14.0. The number of hydrogen-bond donors (Lipinski definition) is 1. The van der Waals surface area contributed by atoms with Gasteiger partial charge in [0.05, 0.1) is 11.7 Å². The Morgan fingerprint density at radius 3 is 2.72 bits per heavy atom. The van der Waals surface area contributed by atoms with Gasteiger partial charge in [0.2, 0.25) is 0 Å². The number of carbonyl (C=O) groups excluding carboxylic acids is 2. The van der Waals surface area contributed by atoms with E-state index in [2.05, 4.69) is 10.3 Å². The molecule has 29 heavy (non-hydrogen) atoms. The van der Waals surface area contributed by atoms with Crippen molar-refractivity contribution >= 4 is 35.2 Å². The summed E-state index contributed by atoms with van der Waals surface area (Å²) in [5.41, 5.74) is 3.40. The first-order valence-corrected chi connectivity index (χ1v) is 9.69. The van der Waals surface area contributed by atoms with Crippen molar-refractivity contribution in [3.05, 3.63) is 76.7 Å². The SMILES string of the molecule is CC[C@@H](NC(=O)COC(=O)/C=C/c1c(Cl)nc2ccccn12)c1ccc(C)cc1. The van der Waals surface area contributed by atoms with Gasteiger partial charge in [-0.3, -0.25) is 9.20 Å². The lowest BCUT2D eigenvalue weighted by Gasteiger charge is -2.17. The van der Waals surface area contributed by atoms with Crippen molar-refractivity contribution in [1.29, 1.82) is 0 Å². The summed E-state index contributed by atoms with van der Waals surface area (Å²) in [6, 6.07) is 13.3. The van der Waals surface area contributed by atoms with Gasteiger partial charge in [0.1, 0.15) is 5.65 Å². The molecule has 7 heteroatoms. The van der Waals surface area contributed by atoms with Gasteiger partial charge in [0.15, 0.2) is 11.8 Å². The molecule has 1 aromatic carbocycles. The molecule has 0 aliphatic carbocycles. The number of rotatable bonds is 7. The number of fused-ring (bicyclic) bond motifs is 1. The second-order valence-corrected chi connectivity index (χ2v) is 6.95. The lowest BCUT2D eigenvalue weighted by molar-refractivity contribution is -0.144. The quantitative estimate of drug-likeness (QED) is 0.469. The lowest BCUT2D eigenvalue weighted by Crippen LogP contribution is -2.32. The number of nitrogens with zero attached hydrogens (tertiary/aromatic N) is 2. The van der Waals surface area contributed by atoms with Crippen LogP contribution in [0.1, 0.15) is 36.2 Å². The fourth-order valence-electron chi connectivity index (χ4n) is 2.92. The Hall–Kier alpha value is -3.12. The van der Waals surface area contributed by atoms with Crippen molar-refractivity contribution in [1.82, 2.24) is 14.7 Å². The van der Waals surface area contributed by atoms with E-state index in [0.717, 1.165) is 17.5 Å². The molecule has 150 valence electrons. The number of halogens is 1. The third kappa shape index (κ3) is 5.23. The minimum Gasteiger partial charge on any atom is -0.452 e. The highest BCUT2D eigenvalue weighted by Gasteiger charge is 2.14. The van der Waals surface area contributed by atoms with Crippen LogP contribution in [0.4, 0.5) is 0 Å². The van der Waals surface area contributed by atoms with Crippen LogP contribution in [-0.4, -0.2) is 27.9 Å². The minimum atomic E-state index is -0.634. The Balaban J connectivity index is 1.55. The van der Waals surface area contributed by atoms with Gasteiger partial charge in [-0.05, 0) is 37.1 Å². The van der Waals surface area contributed by atoms with Gasteiger partial charge in [0, 0.05) is 12.3 Å². The van der Waals surface area contributed by atoms with E-state index >= 15 is 0 Å². The summed E-state index contributed by atoms with van der Waals surface area (Å²) in [7, 11) is 0. The van der Waals surface area contributed by atoms with Crippen molar-refractivity contribution in [2.45, 2.75) is 26.3 Å². The third-order valence-corrected chi connectivity index (χ3v) is 4.75. The first kappa shape index (κ1) is 20.6. The Morgan fingerprint density at radius 1 is 1.24 bits per heavy atom. The Morgan fingerprint density at radius 2 is 2.00 bits per heavy atom. The highest BCUT2D eigenvalue weighted by molar-refractivity contribution is 6.31. The summed E-state index contributed by atoms with van der Waals surface area (Å²) in [5, 5.41) is 3.16. The van der Waals surface area contributed by atoms with E-state index < -0.39 is 5.97 Å². The zero-order valence-electron chi connectivity index (χ0n) is 16.3. The maximum absolute atomic E-state index is 12.2. The lowest BCUT2D eigenvalue weighted by atomic mass is 10.0. The number of amides is 1. The van der Waals surface area contributed by atoms with Gasteiger partial charge in [-0.15, -0.1) is 0 Å². The van der Waals surface area contributed by atoms with Crippen molar-refractivity contribution in [3.63, 3.8) is 0 Å². The summed E-state index contributed by atoms with van der Waals surface area (Å²) >= 11 is 6.12. The monoisotopic (exact) mass is 411 g/mol. The smallest absolute Gasteiger partial charge is 0.331 e. The summed E-state index contributed by atoms with van der Waals surface area (Å²) < 4.78 is 6.80. The predicted molar refractivity (Wildman–Crippen MR) is 113 cm³/mol. The van der Waals surface area contributed by atoms with E-state index in [0.29, 0.717) is 11.3 Å².